The van der Waals surface area contributed by atoms with Crippen LogP contribution >= 0.6 is 11.6 Å². The lowest BCUT2D eigenvalue weighted by atomic mass is 10.1. The SMILES string of the molecule is CCCCCCCCNc1nc(Cl)cc(OCOC)n1. The maximum Gasteiger partial charge on any atom is 0.227 e. The largest absolute Gasteiger partial charge is 0.450 e. The first-order valence-electron chi connectivity index (χ1n) is 7.16. The summed E-state index contributed by atoms with van der Waals surface area (Å²) in [5.41, 5.74) is 0. The highest BCUT2D eigenvalue weighted by atomic mass is 35.5. The summed E-state index contributed by atoms with van der Waals surface area (Å²) in [6.07, 6.45) is 7.53. The summed E-state index contributed by atoms with van der Waals surface area (Å²) >= 11 is 5.91. The maximum absolute atomic E-state index is 5.91. The van der Waals surface area contributed by atoms with Crippen LogP contribution in [0, 0.1) is 0 Å². The van der Waals surface area contributed by atoms with E-state index in [-0.39, 0.29) is 6.79 Å². The Bertz CT molecular complexity index is 377. The zero-order valence-corrected chi connectivity index (χ0v) is 13.1. The minimum atomic E-state index is 0.143. The normalized spacial score (nSPS) is 10.6. The number of nitrogens with one attached hydrogen (secondary N) is 1. The molecule has 0 aliphatic heterocycles. The average molecular weight is 302 g/mol. The van der Waals surface area contributed by atoms with Crippen molar-refractivity contribution in [3.8, 4) is 5.88 Å². The molecular formula is C14H24ClN3O2. The van der Waals surface area contributed by atoms with Crippen LogP contribution in [0.4, 0.5) is 5.95 Å². The van der Waals surface area contributed by atoms with Crippen LogP contribution in [0.3, 0.4) is 0 Å². The van der Waals surface area contributed by atoms with Gasteiger partial charge in [-0.25, -0.2) is 4.98 Å². The van der Waals surface area contributed by atoms with Crippen molar-refractivity contribution in [2.75, 3.05) is 25.8 Å². The second-order valence-corrected chi connectivity index (χ2v) is 4.99. The molecule has 0 unspecified atom stereocenters. The molecule has 0 saturated carbocycles. The molecule has 0 bridgehead atoms. The highest BCUT2D eigenvalue weighted by Crippen LogP contribution is 2.16. The number of anilines is 1. The quantitative estimate of drug-likeness (QED) is 0.382. The van der Waals surface area contributed by atoms with E-state index in [4.69, 9.17) is 21.1 Å². The van der Waals surface area contributed by atoms with Gasteiger partial charge in [0.2, 0.25) is 11.8 Å². The zero-order chi connectivity index (χ0) is 14.6. The minimum absolute atomic E-state index is 0.143. The molecule has 0 atom stereocenters. The van der Waals surface area contributed by atoms with Crippen molar-refractivity contribution in [2.24, 2.45) is 0 Å². The molecule has 0 saturated heterocycles. The highest BCUT2D eigenvalue weighted by molar-refractivity contribution is 6.29. The van der Waals surface area contributed by atoms with Crippen molar-refractivity contribution in [3.05, 3.63) is 11.2 Å². The van der Waals surface area contributed by atoms with Gasteiger partial charge in [0.1, 0.15) is 5.15 Å². The number of hydrogen-bond donors (Lipinski definition) is 1. The second kappa shape index (κ2) is 10.7. The van der Waals surface area contributed by atoms with Crippen molar-refractivity contribution in [1.82, 2.24) is 9.97 Å². The number of aromatic nitrogens is 2. The van der Waals surface area contributed by atoms with Crippen LogP contribution < -0.4 is 10.1 Å². The Balaban J connectivity index is 2.26. The van der Waals surface area contributed by atoms with Crippen LogP contribution in [-0.2, 0) is 4.74 Å². The van der Waals surface area contributed by atoms with E-state index >= 15 is 0 Å². The lowest BCUT2D eigenvalue weighted by molar-refractivity contribution is 0.0478. The Morgan fingerprint density at radius 1 is 1.15 bits per heavy atom. The van der Waals surface area contributed by atoms with Gasteiger partial charge in [0, 0.05) is 19.7 Å². The summed E-state index contributed by atoms with van der Waals surface area (Å²) in [5.74, 6) is 0.912. The van der Waals surface area contributed by atoms with Crippen LogP contribution in [0.1, 0.15) is 45.4 Å². The lowest BCUT2D eigenvalue weighted by Crippen LogP contribution is -2.07. The first-order chi connectivity index (χ1) is 9.76. The first kappa shape index (κ1) is 17.0. The van der Waals surface area contributed by atoms with Crippen LogP contribution in [0.5, 0.6) is 5.88 Å². The van der Waals surface area contributed by atoms with Crippen molar-refractivity contribution < 1.29 is 9.47 Å². The van der Waals surface area contributed by atoms with E-state index in [1.54, 1.807) is 13.2 Å². The Labute approximate surface area is 126 Å². The Morgan fingerprint density at radius 3 is 2.65 bits per heavy atom. The predicted molar refractivity (Wildman–Crippen MR) is 81.4 cm³/mol. The third-order valence-corrected chi connectivity index (χ3v) is 3.00. The van der Waals surface area contributed by atoms with Crippen LogP contribution in [0.25, 0.3) is 0 Å². The topological polar surface area (TPSA) is 56.3 Å². The summed E-state index contributed by atoms with van der Waals surface area (Å²) < 4.78 is 10.1. The van der Waals surface area contributed by atoms with Crippen LogP contribution in [0.2, 0.25) is 5.15 Å². The van der Waals surface area contributed by atoms with Crippen LogP contribution in [0.15, 0.2) is 6.07 Å². The van der Waals surface area contributed by atoms with E-state index in [9.17, 15) is 0 Å². The summed E-state index contributed by atoms with van der Waals surface area (Å²) in [6.45, 7) is 3.21. The van der Waals surface area contributed by atoms with E-state index < -0.39 is 0 Å². The molecule has 1 aromatic heterocycles. The number of nitrogens with zero attached hydrogens (tertiary/aromatic N) is 2. The van der Waals surface area contributed by atoms with E-state index in [0.29, 0.717) is 17.0 Å². The number of hydrogen-bond acceptors (Lipinski definition) is 5. The van der Waals surface area contributed by atoms with Gasteiger partial charge in [-0.3, -0.25) is 0 Å². The fourth-order valence-corrected chi connectivity index (χ4v) is 1.95. The monoisotopic (exact) mass is 301 g/mol. The molecule has 1 aromatic rings. The van der Waals surface area contributed by atoms with E-state index in [1.807, 2.05) is 0 Å². The number of unbranched alkanes of at least 4 members (excludes halogenated alkanes) is 5. The lowest BCUT2D eigenvalue weighted by Gasteiger charge is -2.08. The number of rotatable bonds is 11. The van der Waals surface area contributed by atoms with Gasteiger partial charge in [-0.15, -0.1) is 0 Å². The Kier molecular flexibility index (Phi) is 9.07. The molecule has 1 N–H and O–H groups in total. The molecule has 1 rings (SSSR count). The van der Waals surface area contributed by atoms with Gasteiger partial charge in [-0.2, -0.15) is 4.98 Å². The van der Waals surface area contributed by atoms with Crippen molar-refractivity contribution in [3.63, 3.8) is 0 Å². The molecule has 0 aromatic carbocycles. The number of halogens is 1. The maximum atomic E-state index is 5.91. The summed E-state index contributed by atoms with van der Waals surface area (Å²) in [5, 5.41) is 3.52. The van der Waals surface area contributed by atoms with Gasteiger partial charge in [0.25, 0.3) is 0 Å². The smallest absolute Gasteiger partial charge is 0.227 e. The molecule has 0 aliphatic rings. The Hall–Kier alpha value is -1.07. The van der Waals surface area contributed by atoms with Crippen molar-refractivity contribution >= 4 is 17.5 Å². The van der Waals surface area contributed by atoms with E-state index in [0.717, 1.165) is 13.0 Å². The van der Waals surface area contributed by atoms with E-state index in [1.165, 1.54) is 32.1 Å². The fourth-order valence-electron chi connectivity index (χ4n) is 1.77. The molecule has 0 fully saturated rings. The first-order valence-corrected chi connectivity index (χ1v) is 7.54. The molecule has 0 amide bonds. The molecule has 0 aliphatic carbocycles. The molecule has 5 nitrogen and oxygen atoms in total. The van der Waals surface area contributed by atoms with Gasteiger partial charge in [0.15, 0.2) is 6.79 Å². The molecule has 20 heavy (non-hydrogen) atoms. The number of methoxy groups -OCH3 is 1. The third kappa shape index (κ3) is 7.50. The third-order valence-electron chi connectivity index (χ3n) is 2.81. The van der Waals surface area contributed by atoms with Crippen molar-refractivity contribution in [2.45, 2.75) is 45.4 Å². The van der Waals surface area contributed by atoms with Gasteiger partial charge in [0.05, 0.1) is 0 Å². The Morgan fingerprint density at radius 2 is 1.90 bits per heavy atom. The molecular weight excluding hydrogens is 278 g/mol. The van der Waals surface area contributed by atoms with Crippen LogP contribution in [-0.4, -0.2) is 30.4 Å². The predicted octanol–water partition coefficient (Wildman–Crippen LogP) is 3.89. The summed E-state index contributed by atoms with van der Waals surface area (Å²) in [6, 6.07) is 1.57. The summed E-state index contributed by atoms with van der Waals surface area (Å²) in [7, 11) is 1.56. The highest BCUT2D eigenvalue weighted by Gasteiger charge is 2.03. The zero-order valence-electron chi connectivity index (χ0n) is 12.3. The average Bonchev–Trinajstić information content (AvgIpc) is 2.43. The number of ether oxygens (including phenoxy) is 2. The standard InChI is InChI=1S/C14H24ClN3O2/c1-3-4-5-6-7-8-9-16-14-17-12(15)10-13(18-14)20-11-19-2/h10H,3-9,11H2,1-2H3,(H,16,17,18). The molecule has 114 valence electrons. The van der Waals surface area contributed by atoms with Gasteiger partial charge < -0.3 is 14.8 Å². The van der Waals surface area contributed by atoms with E-state index in [2.05, 4.69) is 22.2 Å². The van der Waals surface area contributed by atoms with Gasteiger partial charge in [-0.1, -0.05) is 50.6 Å². The molecule has 0 radical (unpaired) electrons. The minimum Gasteiger partial charge on any atom is -0.450 e. The summed E-state index contributed by atoms with van der Waals surface area (Å²) in [4.78, 5) is 8.32. The molecule has 0 spiro atoms. The molecule has 1 heterocycles. The fraction of sp³-hybridized carbons (Fsp3) is 0.714. The van der Waals surface area contributed by atoms with Gasteiger partial charge >= 0.3 is 0 Å². The second-order valence-electron chi connectivity index (χ2n) is 4.60. The van der Waals surface area contributed by atoms with Crippen molar-refractivity contribution in [1.29, 1.82) is 0 Å². The van der Waals surface area contributed by atoms with Gasteiger partial charge in [-0.05, 0) is 6.42 Å². The molecule has 6 heteroatoms.